The fourth-order valence-corrected chi connectivity index (χ4v) is 2.07. The molecule has 17 heavy (non-hydrogen) atoms. The molecule has 0 fully saturated rings. The summed E-state index contributed by atoms with van der Waals surface area (Å²) in [5.74, 6) is 0.328. The third-order valence-corrected chi connectivity index (χ3v) is 2.73. The van der Waals surface area contributed by atoms with Gasteiger partial charge in [0.25, 0.3) is 0 Å². The largest absolute Gasteiger partial charge is 0.464 e. The average molecular weight is 281 g/mol. The maximum absolute atomic E-state index is 12.5. The molecular formula is C11H5Cl2F3O. The van der Waals surface area contributed by atoms with Crippen molar-refractivity contribution in [1.82, 2.24) is 0 Å². The molecule has 0 aliphatic heterocycles. The summed E-state index contributed by atoms with van der Waals surface area (Å²) >= 11 is 11.6. The van der Waals surface area contributed by atoms with Crippen LogP contribution in [-0.4, -0.2) is 0 Å². The zero-order valence-corrected chi connectivity index (χ0v) is 9.70. The number of furan rings is 1. The van der Waals surface area contributed by atoms with E-state index >= 15 is 0 Å². The van der Waals surface area contributed by atoms with Crippen molar-refractivity contribution in [2.45, 2.75) is 6.18 Å². The van der Waals surface area contributed by atoms with Crippen LogP contribution < -0.4 is 0 Å². The number of alkyl halides is 3. The van der Waals surface area contributed by atoms with E-state index in [4.69, 9.17) is 27.6 Å². The minimum atomic E-state index is -4.48. The second-order valence-corrected chi connectivity index (χ2v) is 4.10. The van der Waals surface area contributed by atoms with Crippen molar-refractivity contribution in [3.8, 4) is 11.3 Å². The maximum Gasteiger partial charge on any atom is 0.416 e. The molecule has 6 heteroatoms. The Morgan fingerprint density at radius 3 is 2.06 bits per heavy atom. The number of halogens is 5. The molecule has 0 saturated carbocycles. The fourth-order valence-electron chi connectivity index (χ4n) is 1.39. The third kappa shape index (κ3) is 2.42. The first kappa shape index (κ1) is 12.3. The molecule has 90 valence electrons. The van der Waals surface area contributed by atoms with E-state index in [1.165, 1.54) is 6.26 Å². The monoisotopic (exact) mass is 280 g/mol. The molecule has 0 N–H and O–H groups in total. The Bertz CT molecular complexity index is 509. The van der Waals surface area contributed by atoms with Crippen molar-refractivity contribution < 1.29 is 17.6 Å². The van der Waals surface area contributed by atoms with Gasteiger partial charge in [-0.3, -0.25) is 0 Å². The summed E-state index contributed by atoms with van der Waals surface area (Å²) in [4.78, 5) is 0. The Balaban J connectivity index is 2.58. The minimum Gasteiger partial charge on any atom is -0.464 e. The normalized spacial score (nSPS) is 11.8. The van der Waals surface area contributed by atoms with Crippen molar-refractivity contribution >= 4 is 23.2 Å². The summed E-state index contributed by atoms with van der Waals surface area (Å²) in [6.45, 7) is 0. The first-order valence-electron chi connectivity index (χ1n) is 4.49. The van der Waals surface area contributed by atoms with Gasteiger partial charge in [0.05, 0.1) is 27.4 Å². The summed E-state index contributed by atoms with van der Waals surface area (Å²) in [7, 11) is 0. The Morgan fingerprint density at radius 2 is 1.65 bits per heavy atom. The third-order valence-electron chi connectivity index (χ3n) is 2.14. The van der Waals surface area contributed by atoms with Gasteiger partial charge in [-0.2, -0.15) is 13.2 Å². The van der Waals surface area contributed by atoms with Gasteiger partial charge >= 0.3 is 6.18 Å². The minimum absolute atomic E-state index is 0.0974. The molecule has 0 aliphatic carbocycles. The lowest BCUT2D eigenvalue weighted by Gasteiger charge is -2.10. The Labute approximate surface area is 105 Å². The molecule has 2 aromatic rings. The van der Waals surface area contributed by atoms with Gasteiger partial charge in [-0.15, -0.1) is 0 Å². The summed E-state index contributed by atoms with van der Waals surface area (Å²) in [5.41, 5.74) is -0.630. The summed E-state index contributed by atoms with van der Waals surface area (Å²) in [5, 5.41) is -0.195. The lowest BCUT2D eigenvalue weighted by molar-refractivity contribution is -0.137. The molecule has 0 bridgehead atoms. The highest BCUT2D eigenvalue weighted by Crippen LogP contribution is 2.40. The molecule has 0 spiro atoms. The molecule has 2 rings (SSSR count). The molecule has 0 atom stereocenters. The zero-order valence-electron chi connectivity index (χ0n) is 8.18. The van der Waals surface area contributed by atoms with Crippen LogP contribution in [0.4, 0.5) is 13.2 Å². The quantitative estimate of drug-likeness (QED) is 0.693. The molecular weight excluding hydrogens is 276 g/mol. The van der Waals surface area contributed by atoms with Gasteiger partial charge in [0.2, 0.25) is 0 Å². The lowest BCUT2D eigenvalue weighted by atomic mass is 10.1. The average Bonchev–Trinajstić information content (AvgIpc) is 2.68. The highest BCUT2D eigenvalue weighted by atomic mass is 35.5. The van der Waals surface area contributed by atoms with E-state index in [0.717, 1.165) is 12.1 Å². The predicted molar refractivity (Wildman–Crippen MR) is 59.2 cm³/mol. The Kier molecular flexibility index (Phi) is 3.10. The molecule has 0 aliphatic rings. The fraction of sp³-hybridized carbons (Fsp3) is 0.0909. The van der Waals surface area contributed by atoms with Crippen LogP contribution in [-0.2, 0) is 6.18 Å². The topological polar surface area (TPSA) is 13.1 Å². The van der Waals surface area contributed by atoms with E-state index in [0.29, 0.717) is 5.76 Å². The van der Waals surface area contributed by atoms with Crippen LogP contribution >= 0.6 is 23.2 Å². The predicted octanol–water partition coefficient (Wildman–Crippen LogP) is 5.27. The van der Waals surface area contributed by atoms with Crippen LogP contribution in [0.1, 0.15) is 5.56 Å². The van der Waals surface area contributed by atoms with Gasteiger partial charge in [0, 0.05) is 0 Å². The SMILES string of the molecule is FC(F)(F)c1cc(Cl)c(-c2ccco2)c(Cl)c1. The summed E-state index contributed by atoms with van der Waals surface area (Å²) < 4.78 is 42.5. The smallest absolute Gasteiger partial charge is 0.416 e. The lowest BCUT2D eigenvalue weighted by Crippen LogP contribution is -2.05. The summed E-state index contributed by atoms with van der Waals surface area (Å²) in [6.07, 6.45) is -3.09. The second-order valence-electron chi connectivity index (χ2n) is 3.29. The Morgan fingerprint density at radius 1 is 1.06 bits per heavy atom. The highest BCUT2D eigenvalue weighted by molar-refractivity contribution is 6.39. The number of hydrogen-bond donors (Lipinski definition) is 0. The molecule has 0 unspecified atom stereocenters. The van der Waals surface area contributed by atoms with E-state index < -0.39 is 11.7 Å². The van der Waals surface area contributed by atoms with E-state index in [1.54, 1.807) is 12.1 Å². The van der Waals surface area contributed by atoms with Crippen LogP contribution in [0.5, 0.6) is 0 Å². The number of benzene rings is 1. The van der Waals surface area contributed by atoms with Crippen molar-refractivity contribution in [3.63, 3.8) is 0 Å². The molecule has 1 nitrogen and oxygen atoms in total. The van der Waals surface area contributed by atoms with Gasteiger partial charge in [-0.05, 0) is 24.3 Å². The van der Waals surface area contributed by atoms with Crippen LogP contribution in [0, 0.1) is 0 Å². The standard InChI is InChI=1S/C11H5Cl2F3O/c12-7-4-6(11(14,15)16)5-8(13)10(7)9-2-1-3-17-9/h1-5H. The molecule has 0 saturated heterocycles. The van der Waals surface area contributed by atoms with E-state index in [1.807, 2.05) is 0 Å². The van der Waals surface area contributed by atoms with E-state index in [9.17, 15) is 13.2 Å². The van der Waals surface area contributed by atoms with Crippen LogP contribution in [0.2, 0.25) is 10.0 Å². The first-order valence-corrected chi connectivity index (χ1v) is 5.25. The molecule has 1 aromatic heterocycles. The van der Waals surface area contributed by atoms with Crippen LogP contribution in [0.25, 0.3) is 11.3 Å². The zero-order chi connectivity index (χ0) is 12.6. The molecule has 0 amide bonds. The first-order chi connectivity index (χ1) is 7.89. The molecule has 0 radical (unpaired) electrons. The van der Waals surface area contributed by atoms with E-state index in [2.05, 4.69) is 0 Å². The van der Waals surface area contributed by atoms with Gasteiger partial charge in [0.15, 0.2) is 0 Å². The summed E-state index contributed by atoms with van der Waals surface area (Å²) in [6, 6.07) is 4.82. The maximum atomic E-state index is 12.5. The van der Waals surface area contributed by atoms with Crippen LogP contribution in [0.3, 0.4) is 0 Å². The second kappa shape index (κ2) is 4.27. The van der Waals surface area contributed by atoms with Crippen molar-refractivity contribution in [2.75, 3.05) is 0 Å². The highest BCUT2D eigenvalue weighted by Gasteiger charge is 2.32. The Hall–Kier alpha value is -1.13. The van der Waals surface area contributed by atoms with Crippen molar-refractivity contribution in [1.29, 1.82) is 0 Å². The van der Waals surface area contributed by atoms with Gasteiger partial charge < -0.3 is 4.42 Å². The van der Waals surface area contributed by atoms with Crippen molar-refractivity contribution in [2.24, 2.45) is 0 Å². The number of hydrogen-bond acceptors (Lipinski definition) is 1. The molecule has 1 aromatic carbocycles. The number of rotatable bonds is 1. The van der Waals surface area contributed by atoms with Gasteiger partial charge in [-0.1, -0.05) is 23.2 Å². The van der Waals surface area contributed by atoms with Crippen molar-refractivity contribution in [3.05, 3.63) is 46.1 Å². The molecule has 1 heterocycles. The van der Waals surface area contributed by atoms with Gasteiger partial charge in [-0.25, -0.2) is 0 Å². The van der Waals surface area contributed by atoms with E-state index in [-0.39, 0.29) is 15.6 Å². The van der Waals surface area contributed by atoms with Crippen LogP contribution in [0.15, 0.2) is 34.9 Å². The van der Waals surface area contributed by atoms with Gasteiger partial charge in [0.1, 0.15) is 5.76 Å².